The highest BCUT2D eigenvalue weighted by Crippen LogP contribution is 2.15. The zero-order chi connectivity index (χ0) is 14.5. The van der Waals surface area contributed by atoms with Crippen LogP contribution in [0.3, 0.4) is 0 Å². The Morgan fingerprint density at radius 2 is 2.20 bits per heavy atom. The van der Waals surface area contributed by atoms with Crippen molar-refractivity contribution in [3.63, 3.8) is 0 Å². The summed E-state index contributed by atoms with van der Waals surface area (Å²) in [5, 5.41) is 5.96. The number of rotatable bonds is 5. The van der Waals surface area contributed by atoms with Crippen molar-refractivity contribution >= 4 is 22.9 Å². The number of carbonyl (C=O) groups is 1. The van der Waals surface area contributed by atoms with Crippen LogP contribution < -0.4 is 16.6 Å². The molecule has 106 valence electrons. The summed E-state index contributed by atoms with van der Waals surface area (Å²) in [6.07, 6.45) is 0.748. The predicted molar refractivity (Wildman–Crippen MR) is 81.9 cm³/mol. The molecule has 4 N–H and O–H groups in total. The van der Waals surface area contributed by atoms with Crippen molar-refractivity contribution in [3.8, 4) is 0 Å². The lowest BCUT2D eigenvalue weighted by molar-refractivity contribution is 0.0954. The van der Waals surface area contributed by atoms with E-state index in [0.29, 0.717) is 12.1 Å². The van der Waals surface area contributed by atoms with Gasteiger partial charge in [-0.2, -0.15) is 0 Å². The predicted octanol–water partition coefficient (Wildman–Crippen LogP) is 2.02. The highest BCUT2D eigenvalue weighted by molar-refractivity contribution is 7.09. The third kappa shape index (κ3) is 3.55. The van der Waals surface area contributed by atoms with E-state index in [1.165, 1.54) is 0 Å². The molecule has 0 bridgehead atoms. The molecule has 0 aliphatic rings. The Bertz CT molecular complexity index is 609. The largest absolute Gasteiger partial charge is 0.352 e. The number of thiazole rings is 1. The molecule has 20 heavy (non-hydrogen) atoms. The average molecular weight is 290 g/mol. The monoisotopic (exact) mass is 290 g/mol. The number of aryl methyl sites for hydroxylation is 2. The van der Waals surface area contributed by atoms with E-state index in [9.17, 15) is 4.79 Å². The van der Waals surface area contributed by atoms with Gasteiger partial charge < -0.3 is 10.7 Å². The van der Waals surface area contributed by atoms with Crippen LogP contribution in [0.4, 0.5) is 5.69 Å². The number of hydrogen-bond acceptors (Lipinski definition) is 5. The minimum Gasteiger partial charge on any atom is -0.352 e. The second-order valence-corrected chi connectivity index (χ2v) is 5.60. The van der Waals surface area contributed by atoms with Crippen molar-refractivity contribution in [1.82, 2.24) is 10.3 Å². The van der Waals surface area contributed by atoms with Gasteiger partial charge in [0.05, 0.1) is 16.4 Å². The van der Waals surface area contributed by atoms with Gasteiger partial charge in [0.2, 0.25) is 0 Å². The SMILES string of the molecule is Cc1nc(CCNC(=O)c2ccc(NN)c(C)c2)cs1. The maximum Gasteiger partial charge on any atom is 0.251 e. The molecule has 0 spiro atoms. The van der Waals surface area contributed by atoms with Crippen molar-refractivity contribution in [3.05, 3.63) is 45.4 Å². The van der Waals surface area contributed by atoms with E-state index in [4.69, 9.17) is 5.84 Å². The number of amides is 1. The Morgan fingerprint density at radius 1 is 1.40 bits per heavy atom. The summed E-state index contributed by atoms with van der Waals surface area (Å²) in [4.78, 5) is 16.4. The molecule has 0 saturated heterocycles. The molecule has 0 aliphatic carbocycles. The number of nitrogens with two attached hydrogens (primary N) is 1. The van der Waals surface area contributed by atoms with Gasteiger partial charge in [0.25, 0.3) is 5.91 Å². The van der Waals surface area contributed by atoms with Crippen molar-refractivity contribution in [2.75, 3.05) is 12.0 Å². The number of hydrogen-bond donors (Lipinski definition) is 3. The normalized spacial score (nSPS) is 10.3. The highest BCUT2D eigenvalue weighted by Gasteiger charge is 2.07. The van der Waals surface area contributed by atoms with Crippen molar-refractivity contribution in [2.45, 2.75) is 20.3 Å². The summed E-state index contributed by atoms with van der Waals surface area (Å²) in [7, 11) is 0. The van der Waals surface area contributed by atoms with Crippen LogP contribution in [0.5, 0.6) is 0 Å². The van der Waals surface area contributed by atoms with Crippen LogP contribution in [-0.4, -0.2) is 17.4 Å². The lowest BCUT2D eigenvalue weighted by atomic mass is 10.1. The quantitative estimate of drug-likeness (QED) is 0.581. The molecule has 0 saturated carbocycles. The van der Waals surface area contributed by atoms with Gasteiger partial charge in [-0.3, -0.25) is 10.6 Å². The molecule has 0 unspecified atom stereocenters. The summed E-state index contributed by atoms with van der Waals surface area (Å²) in [5.41, 5.74) is 6.00. The third-order valence-electron chi connectivity index (χ3n) is 2.98. The van der Waals surface area contributed by atoms with Gasteiger partial charge in [-0.1, -0.05) is 0 Å². The molecule has 0 atom stereocenters. The van der Waals surface area contributed by atoms with Crippen LogP contribution in [0.15, 0.2) is 23.6 Å². The molecule has 0 aliphatic heterocycles. The topological polar surface area (TPSA) is 80.0 Å². The number of hydrazine groups is 1. The first kappa shape index (κ1) is 14.5. The van der Waals surface area contributed by atoms with E-state index < -0.39 is 0 Å². The number of carbonyl (C=O) groups excluding carboxylic acids is 1. The van der Waals surface area contributed by atoms with Crippen molar-refractivity contribution in [1.29, 1.82) is 0 Å². The first-order valence-electron chi connectivity index (χ1n) is 6.36. The zero-order valence-electron chi connectivity index (χ0n) is 11.6. The molecule has 0 fully saturated rings. The molecule has 1 aromatic heterocycles. The van der Waals surface area contributed by atoms with Gasteiger partial charge in [0.1, 0.15) is 0 Å². The van der Waals surface area contributed by atoms with Gasteiger partial charge >= 0.3 is 0 Å². The van der Waals surface area contributed by atoms with Crippen LogP contribution in [0.25, 0.3) is 0 Å². The number of nitrogens with zero attached hydrogens (tertiary/aromatic N) is 1. The van der Waals surface area contributed by atoms with Gasteiger partial charge in [-0.25, -0.2) is 4.98 Å². The zero-order valence-corrected chi connectivity index (χ0v) is 12.4. The van der Waals surface area contributed by atoms with Crippen LogP contribution >= 0.6 is 11.3 Å². The Kier molecular flexibility index (Phi) is 4.70. The van der Waals surface area contributed by atoms with Crippen molar-refractivity contribution < 1.29 is 4.79 Å². The summed E-state index contributed by atoms with van der Waals surface area (Å²) in [5.74, 6) is 5.29. The maximum absolute atomic E-state index is 12.0. The molecule has 2 rings (SSSR count). The standard InChI is InChI=1S/C14H18N4OS/c1-9-7-11(3-4-13(9)18-15)14(19)16-6-5-12-8-20-10(2)17-12/h3-4,7-8,18H,5-6,15H2,1-2H3,(H,16,19). The first-order valence-corrected chi connectivity index (χ1v) is 7.24. The molecule has 1 amide bonds. The van der Waals surface area contributed by atoms with E-state index in [0.717, 1.165) is 28.4 Å². The fourth-order valence-corrected chi connectivity index (χ4v) is 2.54. The van der Waals surface area contributed by atoms with E-state index in [1.807, 2.05) is 25.3 Å². The fourth-order valence-electron chi connectivity index (χ4n) is 1.90. The minimum absolute atomic E-state index is 0.0800. The Morgan fingerprint density at radius 3 is 2.80 bits per heavy atom. The summed E-state index contributed by atoms with van der Waals surface area (Å²) < 4.78 is 0. The maximum atomic E-state index is 12.0. The van der Waals surface area contributed by atoms with Crippen LogP contribution in [-0.2, 0) is 6.42 Å². The Labute approximate surface area is 122 Å². The number of aromatic nitrogens is 1. The highest BCUT2D eigenvalue weighted by atomic mass is 32.1. The van der Waals surface area contributed by atoms with Gasteiger partial charge in [0.15, 0.2) is 0 Å². The summed E-state index contributed by atoms with van der Waals surface area (Å²) in [6.45, 7) is 4.46. The van der Waals surface area contributed by atoms with E-state index in [-0.39, 0.29) is 5.91 Å². The molecule has 1 heterocycles. The van der Waals surface area contributed by atoms with E-state index in [2.05, 4.69) is 15.7 Å². The minimum atomic E-state index is -0.0800. The third-order valence-corrected chi connectivity index (χ3v) is 3.80. The number of anilines is 1. The van der Waals surface area contributed by atoms with Gasteiger partial charge in [-0.15, -0.1) is 11.3 Å². The number of nitrogen functional groups attached to an aromatic ring is 1. The number of benzene rings is 1. The Hall–Kier alpha value is -1.92. The van der Waals surface area contributed by atoms with Gasteiger partial charge in [-0.05, 0) is 37.6 Å². The summed E-state index contributed by atoms with van der Waals surface area (Å²) in [6, 6.07) is 5.37. The second-order valence-electron chi connectivity index (χ2n) is 4.54. The van der Waals surface area contributed by atoms with Gasteiger partial charge in [0, 0.05) is 23.9 Å². The molecule has 0 radical (unpaired) electrons. The number of nitrogens with one attached hydrogen (secondary N) is 2. The lowest BCUT2D eigenvalue weighted by Gasteiger charge is -2.08. The first-order chi connectivity index (χ1) is 9.60. The van der Waals surface area contributed by atoms with E-state index in [1.54, 1.807) is 23.5 Å². The molecular weight excluding hydrogens is 272 g/mol. The molecule has 1 aromatic carbocycles. The van der Waals surface area contributed by atoms with Crippen LogP contribution in [0.1, 0.15) is 26.6 Å². The van der Waals surface area contributed by atoms with Crippen LogP contribution in [0.2, 0.25) is 0 Å². The fraction of sp³-hybridized carbons (Fsp3) is 0.286. The summed E-state index contributed by atoms with van der Waals surface area (Å²) >= 11 is 1.62. The second kappa shape index (κ2) is 6.49. The van der Waals surface area contributed by atoms with E-state index >= 15 is 0 Å². The smallest absolute Gasteiger partial charge is 0.251 e. The average Bonchev–Trinajstić information content (AvgIpc) is 2.84. The molecule has 6 heteroatoms. The lowest BCUT2D eigenvalue weighted by Crippen LogP contribution is -2.26. The van der Waals surface area contributed by atoms with Crippen LogP contribution in [0, 0.1) is 13.8 Å². The Balaban J connectivity index is 1.90. The molecular formula is C14H18N4OS. The molecule has 5 nitrogen and oxygen atoms in total. The van der Waals surface area contributed by atoms with Crippen molar-refractivity contribution in [2.24, 2.45) is 5.84 Å². The molecule has 2 aromatic rings.